The van der Waals surface area contributed by atoms with E-state index in [4.69, 9.17) is 46.0 Å². The molecule has 0 saturated carbocycles. The first-order chi connectivity index (χ1) is 23.5. The zero-order valence-corrected chi connectivity index (χ0v) is 29.7. The Bertz CT molecular complexity index is 2270. The summed E-state index contributed by atoms with van der Waals surface area (Å²) in [5, 5.41) is 25.7. The van der Waals surface area contributed by atoms with Gasteiger partial charge in [0.25, 0.3) is 0 Å². The van der Waals surface area contributed by atoms with E-state index >= 15 is 0 Å². The molecule has 49 heavy (non-hydrogen) atoms. The van der Waals surface area contributed by atoms with Crippen molar-refractivity contribution in [2.24, 2.45) is 0 Å². The van der Waals surface area contributed by atoms with E-state index in [9.17, 15) is 0 Å². The summed E-state index contributed by atoms with van der Waals surface area (Å²) in [6.45, 7) is 0. The van der Waals surface area contributed by atoms with Gasteiger partial charge in [-0.1, -0.05) is 88.2 Å². The number of nitrogens with two attached hydrogens (primary N) is 6. The van der Waals surface area contributed by atoms with E-state index in [1.54, 1.807) is 18.2 Å². The predicted molar refractivity (Wildman–Crippen MR) is 205 cm³/mol. The van der Waals surface area contributed by atoms with E-state index in [1.807, 2.05) is 66.7 Å². The Labute approximate surface area is 306 Å². The molecular weight excluding hydrogens is 825 g/mol. The molecule has 0 aliphatic rings. The standard InChI is InChI=1S/C13H11N5.C9H7BrClN5.C9H8IN5/c14-12-11(17-18-13(15)16-12)10-7-3-5-8-4-1-2-6-9(8)10;10-6-2-1-4(11)3-5(6)7-8(12)14-9(13)16-15-7;10-6-4-2-1-3-5(6)7-8(11)13-9(12)15-14-7/h1-7H,(H4,14,15,16,18);1-3H,(H4,12,13,14,16);1-4H,(H4,11,12,13,15). The Hall–Kier alpha value is -5.53. The first-order valence-electron chi connectivity index (χ1n) is 14.0. The number of nitrogen functional groups attached to an aromatic ring is 6. The van der Waals surface area contributed by atoms with Crippen molar-refractivity contribution in [2.45, 2.75) is 0 Å². The first kappa shape index (κ1) is 34.8. The molecule has 246 valence electrons. The van der Waals surface area contributed by atoms with E-state index in [1.165, 1.54) is 0 Å². The van der Waals surface area contributed by atoms with Crippen molar-refractivity contribution in [3.05, 3.63) is 98.0 Å². The molecule has 0 atom stereocenters. The third-order valence-corrected chi connectivity index (χ3v) is 8.41. The fraction of sp³-hybridized carbons (Fsp3) is 0. The second-order valence-electron chi connectivity index (χ2n) is 9.84. The van der Waals surface area contributed by atoms with Gasteiger partial charge in [0.1, 0.15) is 17.1 Å². The molecule has 0 aliphatic heterocycles. The normalized spacial score (nSPS) is 10.4. The van der Waals surface area contributed by atoms with Crippen LogP contribution in [0.2, 0.25) is 5.02 Å². The molecule has 0 fully saturated rings. The fourth-order valence-electron chi connectivity index (χ4n) is 4.39. The summed E-state index contributed by atoms with van der Waals surface area (Å²) >= 11 is 11.5. The van der Waals surface area contributed by atoms with Gasteiger partial charge >= 0.3 is 0 Å². The van der Waals surface area contributed by atoms with Gasteiger partial charge in [0.05, 0.1) is 0 Å². The average molecular weight is 851 g/mol. The minimum Gasteiger partial charge on any atom is -0.382 e. The molecule has 15 nitrogen and oxygen atoms in total. The third kappa shape index (κ3) is 8.50. The minimum atomic E-state index is 0.0411. The van der Waals surface area contributed by atoms with E-state index in [-0.39, 0.29) is 23.7 Å². The molecule has 0 aliphatic carbocycles. The number of anilines is 6. The topological polar surface area (TPSA) is 272 Å². The Morgan fingerprint density at radius 3 is 1.55 bits per heavy atom. The molecule has 12 N–H and O–H groups in total. The third-order valence-electron chi connectivity index (χ3n) is 6.55. The van der Waals surface area contributed by atoms with Gasteiger partial charge in [0, 0.05) is 29.8 Å². The second-order valence-corrected chi connectivity index (χ2v) is 12.3. The number of halogens is 3. The molecule has 4 aromatic carbocycles. The lowest BCUT2D eigenvalue weighted by molar-refractivity contribution is 0.999. The number of fused-ring (bicyclic) bond motifs is 1. The first-order valence-corrected chi connectivity index (χ1v) is 16.2. The van der Waals surface area contributed by atoms with E-state index in [2.05, 4.69) is 84.1 Å². The summed E-state index contributed by atoms with van der Waals surface area (Å²) in [7, 11) is 0. The molecular formula is C31H26BrClIN15. The maximum absolute atomic E-state index is 5.90. The second kappa shape index (κ2) is 15.6. The maximum atomic E-state index is 5.90. The van der Waals surface area contributed by atoms with Gasteiger partial charge in [0.15, 0.2) is 17.5 Å². The lowest BCUT2D eigenvalue weighted by atomic mass is 10.0. The number of aromatic nitrogens is 9. The number of hydrogen-bond acceptors (Lipinski definition) is 15. The molecule has 18 heteroatoms. The Balaban J connectivity index is 0.000000144. The van der Waals surface area contributed by atoms with Crippen molar-refractivity contribution in [2.75, 3.05) is 34.4 Å². The van der Waals surface area contributed by atoms with Crippen molar-refractivity contribution < 1.29 is 0 Å². The van der Waals surface area contributed by atoms with E-state index in [0.29, 0.717) is 33.7 Å². The van der Waals surface area contributed by atoms with Crippen LogP contribution in [0.3, 0.4) is 0 Å². The quantitative estimate of drug-likeness (QED) is 0.123. The monoisotopic (exact) mass is 849 g/mol. The van der Waals surface area contributed by atoms with E-state index < -0.39 is 0 Å². The van der Waals surface area contributed by atoms with Gasteiger partial charge in [-0.15, -0.1) is 30.6 Å². The lowest BCUT2D eigenvalue weighted by Gasteiger charge is -2.07. The summed E-state index contributed by atoms with van der Waals surface area (Å²) in [5.41, 5.74) is 37.6. The van der Waals surface area contributed by atoms with E-state index in [0.717, 1.165) is 35.5 Å². The number of hydrogen-bond donors (Lipinski definition) is 6. The highest BCUT2D eigenvalue weighted by molar-refractivity contribution is 14.1. The predicted octanol–water partition coefficient (Wildman–Crippen LogP) is 5.28. The SMILES string of the molecule is Nc1nnc(-c2cc(Cl)ccc2Br)c(N)n1.Nc1nnc(-c2cccc3ccccc23)c(N)n1.Nc1nnc(-c2ccccc2I)c(N)n1. The van der Waals surface area contributed by atoms with Crippen LogP contribution >= 0.6 is 50.1 Å². The minimum absolute atomic E-state index is 0.0411. The van der Waals surface area contributed by atoms with Crippen molar-refractivity contribution >= 4 is 96.2 Å². The van der Waals surface area contributed by atoms with Gasteiger partial charge < -0.3 is 34.4 Å². The molecule has 0 saturated heterocycles. The van der Waals surface area contributed by atoms with Crippen LogP contribution in [0.4, 0.5) is 35.3 Å². The molecule has 7 aromatic rings. The Morgan fingerprint density at radius 1 is 0.510 bits per heavy atom. The van der Waals surface area contributed by atoms with Gasteiger partial charge in [-0.2, -0.15) is 15.0 Å². The zero-order valence-electron chi connectivity index (χ0n) is 25.2. The van der Waals surface area contributed by atoms with Gasteiger partial charge in [-0.25, -0.2) is 0 Å². The van der Waals surface area contributed by atoms with Crippen LogP contribution < -0.4 is 34.4 Å². The Kier molecular flexibility index (Phi) is 11.1. The highest BCUT2D eigenvalue weighted by Crippen LogP contribution is 2.32. The van der Waals surface area contributed by atoms with Gasteiger partial charge in [-0.3, -0.25) is 0 Å². The number of nitrogens with zero attached hydrogens (tertiary/aromatic N) is 9. The summed E-state index contributed by atoms with van der Waals surface area (Å²) in [5.74, 6) is 1.01. The van der Waals surface area contributed by atoms with Crippen LogP contribution in [0.5, 0.6) is 0 Å². The van der Waals surface area contributed by atoms with Crippen LogP contribution in [0.15, 0.2) is 89.4 Å². The molecule has 0 unspecified atom stereocenters. The Morgan fingerprint density at radius 2 is 0.980 bits per heavy atom. The number of rotatable bonds is 3. The van der Waals surface area contributed by atoms with Crippen molar-refractivity contribution in [1.82, 2.24) is 45.5 Å². The molecule has 7 rings (SSSR count). The van der Waals surface area contributed by atoms with Crippen LogP contribution in [0, 0.1) is 3.57 Å². The summed E-state index contributed by atoms with van der Waals surface area (Å²) in [4.78, 5) is 11.6. The lowest BCUT2D eigenvalue weighted by Crippen LogP contribution is -2.04. The highest BCUT2D eigenvalue weighted by atomic mass is 127. The zero-order chi connectivity index (χ0) is 35.1. The molecule has 0 bridgehead atoms. The molecule has 0 radical (unpaired) electrons. The molecule has 3 heterocycles. The largest absolute Gasteiger partial charge is 0.382 e. The summed E-state index contributed by atoms with van der Waals surface area (Å²) in [6, 6.07) is 27.0. The van der Waals surface area contributed by atoms with Crippen LogP contribution in [-0.4, -0.2) is 45.5 Å². The molecule has 3 aromatic heterocycles. The highest BCUT2D eigenvalue weighted by Gasteiger charge is 2.13. The van der Waals surface area contributed by atoms with Crippen molar-refractivity contribution in [3.8, 4) is 33.8 Å². The summed E-state index contributed by atoms with van der Waals surface area (Å²) < 4.78 is 1.85. The van der Waals surface area contributed by atoms with Crippen molar-refractivity contribution in [3.63, 3.8) is 0 Å². The number of benzene rings is 4. The van der Waals surface area contributed by atoms with Crippen LogP contribution in [0.1, 0.15) is 0 Å². The fourth-order valence-corrected chi connectivity index (χ4v) is 5.64. The van der Waals surface area contributed by atoms with Gasteiger partial charge in [-0.05, 0) is 57.6 Å². The van der Waals surface area contributed by atoms with Crippen LogP contribution in [0.25, 0.3) is 44.5 Å². The van der Waals surface area contributed by atoms with Gasteiger partial charge in [0.2, 0.25) is 17.8 Å². The van der Waals surface area contributed by atoms with Crippen molar-refractivity contribution in [1.29, 1.82) is 0 Å². The molecule has 0 amide bonds. The summed E-state index contributed by atoms with van der Waals surface area (Å²) in [6.07, 6.45) is 0. The average Bonchev–Trinajstić information content (AvgIpc) is 3.07. The van der Waals surface area contributed by atoms with Crippen LogP contribution in [-0.2, 0) is 0 Å². The smallest absolute Gasteiger partial charge is 0.242 e. The molecule has 0 spiro atoms. The maximum Gasteiger partial charge on any atom is 0.242 e.